The van der Waals surface area contributed by atoms with Gasteiger partial charge in [0.25, 0.3) is 0 Å². The zero-order valence-electron chi connectivity index (χ0n) is 18.2. The largest absolute Gasteiger partial charge is 1.00 e. The predicted octanol–water partition coefficient (Wildman–Crippen LogP) is 0.865. The molecule has 2 aromatic rings. The second kappa shape index (κ2) is 9.43. The van der Waals surface area contributed by atoms with E-state index in [1.807, 2.05) is 0 Å². The monoisotopic (exact) mass is 549 g/mol. The van der Waals surface area contributed by atoms with E-state index in [0.29, 0.717) is 11.8 Å². The van der Waals surface area contributed by atoms with E-state index in [4.69, 9.17) is 0 Å². The number of hydrogen-bond acceptors (Lipinski definition) is 0. The van der Waals surface area contributed by atoms with Crippen molar-refractivity contribution in [2.24, 2.45) is 0 Å². The summed E-state index contributed by atoms with van der Waals surface area (Å²) in [4.78, 5) is 0. The van der Waals surface area contributed by atoms with Crippen LogP contribution < -0.4 is 24.8 Å². The van der Waals surface area contributed by atoms with Crippen LogP contribution in [0.1, 0.15) is 34.1 Å². The van der Waals surface area contributed by atoms with Gasteiger partial charge in [-0.1, -0.05) is 0 Å². The van der Waals surface area contributed by atoms with Gasteiger partial charge in [-0.05, 0) is 0 Å². The molecule has 0 amide bonds. The molecule has 2 atom stereocenters. The standard InChI is InChI=1S/2C13H9.C2H7Si.2ClH.Zr/c2*1-3-7-12-10(5-1)9-11-6-2-4-8-13(11)12;1-3-2;;;/h2*1-8,12H;3H,1-2H3;2*1H;/q;;;;;+2/p-2. The molecule has 159 valence electrons. The van der Waals surface area contributed by atoms with Crippen LogP contribution in [0.5, 0.6) is 0 Å². The van der Waals surface area contributed by atoms with Gasteiger partial charge in [0, 0.05) is 0 Å². The van der Waals surface area contributed by atoms with Crippen LogP contribution in [0.15, 0.2) is 108 Å². The first-order valence-corrected chi connectivity index (χ1v) is 20.6. The van der Waals surface area contributed by atoms with Crippen LogP contribution in [-0.4, -0.2) is 5.92 Å². The maximum atomic E-state index is 2.62. The molecule has 0 bridgehead atoms. The van der Waals surface area contributed by atoms with Gasteiger partial charge in [0.1, 0.15) is 0 Å². The molecule has 4 aliphatic carbocycles. The van der Waals surface area contributed by atoms with Crippen LogP contribution in [0.25, 0.3) is 6.56 Å². The molecule has 2 unspecified atom stereocenters. The molecular formula is C28H25Cl2SiZr. The average Bonchev–Trinajstić information content (AvgIpc) is 3.29. The Hall–Kier alpha value is -1.44. The Labute approximate surface area is 212 Å². The van der Waals surface area contributed by atoms with Crippen molar-refractivity contribution in [3.8, 4) is 0 Å². The molecule has 32 heavy (non-hydrogen) atoms. The first kappa shape index (κ1) is 23.7. The van der Waals surface area contributed by atoms with Crippen molar-refractivity contribution >= 4 is 12.5 Å². The van der Waals surface area contributed by atoms with Crippen LogP contribution >= 0.6 is 0 Å². The molecule has 0 fully saturated rings. The van der Waals surface area contributed by atoms with Crippen LogP contribution in [0.2, 0.25) is 13.1 Å². The molecule has 4 heteroatoms. The van der Waals surface area contributed by atoms with E-state index in [9.17, 15) is 0 Å². The summed E-state index contributed by atoms with van der Waals surface area (Å²) in [6, 6.07) is 18.5. The summed E-state index contributed by atoms with van der Waals surface area (Å²) < 4.78 is 3.59. The van der Waals surface area contributed by atoms with Crippen molar-refractivity contribution in [3.05, 3.63) is 131 Å². The van der Waals surface area contributed by atoms with Crippen LogP contribution in [0, 0.1) is 0 Å². The summed E-state index contributed by atoms with van der Waals surface area (Å²) in [6.45, 7) is 5.24. The van der Waals surface area contributed by atoms with E-state index in [2.05, 4.69) is 110 Å². The fourth-order valence-electron chi connectivity index (χ4n) is 5.71. The van der Waals surface area contributed by atoms with Gasteiger partial charge in [-0.25, -0.2) is 0 Å². The van der Waals surface area contributed by atoms with Crippen LogP contribution in [0.4, 0.5) is 0 Å². The Morgan fingerprint density at radius 1 is 0.625 bits per heavy atom. The second-order valence-electron chi connectivity index (χ2n) is 8.85. The smallest absolute Gasteiger partial charge is 1.00 e. The summed E-state index contributed by atoms with van der Waals surface area (Å²) in [7, 11) is 0. The van der Waals surface area contributed by atoms with Crippen molar-refractivity contribution in [1.82, 2.24) is 0 Å². The maximum Gasteiger partial charge on any atom is -1.00 e. The molecule has 4 aliphatic rings. The number of hydrogen-bond donors (Lipinski definition) is 0. The Morgan fingerprint density at radius 3 is 1.50 bits per heavy atom. The van der Waals surface area contributed by atoms with E-state index < -0.39 is 26.8 Å². The number of fused-ring (bicyclic) bond motifs is 6. The van der Waals surface area contributed by atoms with Crippen molar-refractivity contribution in [1.29, 1.82) is 0 Å². The van der Waals surface area contributed by atoms with Gasteiger partial charge in [-0.15, -0.1) is 0 Å². The molecule has 0 spiro atoms. The number of halogens is 2. The normalized spacial score (nSPS) is 21.1. The first-order chi connectivity index (χ1) is 14.8. The van der Waals surface area contributed by atoms with E-state index in [1.165, 1.54) is 11.1 Å². The Kier molecular flexibility index (Phi) is 6.99. The van der Waals surface area contributed by atoms with Crippen LogP contribution in [-0.2, 0) is 20.9 Å². The molecule has 0 radical (unpaired) electrons. The molecule has 0 nitrogen and oxygen atoms in total. The third kappa shape index (κ3) is 3.51. The summed E-state index contributed by atoms with van der Waals surface area (Å²) in [6.07, 6.45) is 18.7. The van der Waals surface area contributed by atoms with Gasteiger partial charge < -0.3 is 24.8 Å². The maximum absolute atomic E-state index is 2.62. The van der Waals surface area contributed by atoms with Gasteiger partial charge in [0.2, 0.25) is 0 Å². The van der Waals surface area contributed by atoms with E-state index in [1.54, 1.807) is 28.8 Å². The van der Waals surface area contributed by atoms with Gasteiger partial charge in [-0.2, -0.15) is 0 Å². The molecule has 0 aliphatic heterocycles. The zero-order valence-corrected chi connectivity index (χ0v) is 23.4. The Bertz CT molecular complexity index is 1150. The first-order valence-electron chi connectivity index (χ1n) is 11.0. The average molecular weight is 552 g/mol. The third-order valence-electron chi connectivity index (χ3n) is 6.87. The predicted molar refractivity (Wildman–Crippen MR) is 128 cm³/mol. The minimum absolute atomic E-state index is 0. The fourth-order valence-corrected chi connectivity index (χ4v) is 25.1. The SMILES string of the molecule is C[SiH](C)[Zr+2]([C]1=C2C=CC=CC2c2ccccc21)[C]1=C2C=CC=CC2c2ccccc21.[Cl-].[Cl-]. The summed E-state index contributed by atoms with van der Waals surface area (Å²) in [5.41, 5.74) is 9.41. The summed E-state index contributed by atoms with van der Waals surface area (Å²) in [5, 5.41) is 0. The fraction of sp³-hybridized carbons (Fsp3) is 0.143. The second-order valence-corrected chi connectivity index (χ2v) is 27.6. The van der Waals surface area contributed by atoms with Crippen molar-refractivity contribution in [3.63, 3.8) is 0 Å². The van der Waals surface area contributed by atoms with Crippen molar-refractivity contribution in [2.75, 3.05) is 0 Å². The molecule has 0 N–H and O–H groups in total. The number of benzene rings is 2. The van der Waals surface area contributed by atoms with Gasteiger partial charge in [-0.3, -0.25) is 0 Å². The van der Waals surface area contributed by atoms with Crippen molar-refractivity contribution < 1.29 is 45.7 Å². The molecule has 0 saturated carbocycles. The van der Waals surface area contributed by atoms with Gasteiger partial charge in [0.15, 0.2) is 0 Å². The van der Waals surface area contributed by atoms with E-state index >= 15 is 0 Å². The van der Waals surface area contributed by atoms with E-state index in [-0.39, 0.29) is 24.8 Å². The third-order valence-corrected chi connectivity index (χ3v) is 25.4. The number of rotatable bonds is 3. The number of allylic oxidation sites excluding steroid dienone is 10. The quantitative estimate of drug-likeness (QED) is 0.497. The molecule has 0 heterocycles. The summed E-state index contributed by atoms with van der Waals surface area (Å²) in [5.74, 6) is 0.0470. The van der Waals surface area contributed by atoms with Crippen LogP contribution in [0.3, 0.4) is 0 Å². The minimum Gasteiger partial charge on any atom is -1.00 e. The van der Waals surface area contributed by atoms with Crippen molar-refractivity contribution in [2.45, 2.75) is 24.9 Å². The molecule has 6 rings (SSSR count). The molecule has 0 aromatic heterocycles. The summed E-state index contributed by atoms with van der Waals surface area (Å²) >= 11 is -2.12. The van der Waals surface area contributed by atoms with Gasteiger partial charge in [0.05, 0.1) is 0 Å². The van der Waals surface area contributed by atoms with Gasteiger partial charge >= 0.3 is 189 Å². The minimum atomic E-state index is -2.12. The molecule has 2 aromatic carbocycles. The molecular weight excluding hydrogens is 527 g/mol. The zero-order chi connectivity index (χ0) is 20.2. The topological polar surface area (TPSA) is 0 Å². The van der Waals surface area contributed by atoms with E-state index in [0.717, 1.165) is 0 Å². The Balaban J connectivity index is 0.00000122. The molecule has 0 saturated heterocycles. The Morgan fingerprint density at radius 2 is 1.06 bits per heavy atom.